The van der Waals surface area contributed by atoms with Crippen LogP contribution < -0.4 is 33.3 Å². The van der Waals surface area contributed by atoms with Crippen LogP contribution in [0, 0.1) is 0 Å². The van der Waals surface area contributed by atoms with Gasteiger partial charge in [-0.15, -0.1) is 0 Å². The maximum atomic E-state index is 6.05. The van der Waals surface area contributed by atoms with E-state index < -0.39 is 0 Å². The molecular formula is C30H34B2N2O3. The number of rotatable bonds is 14. The van der Waals surface area contributed by atoms with Crippen LogP contribution in [0.5, 0.6) is 0 Å². The Kier molecular flexibility index (Phi) is 10.5. The van der Waals surface area contributed by atoms with Crippen molar-refractivity contribution >= 4 is 35.7 Å². The van der Waals surface area contributed by atoms with Crippen molar-refractivity contribution in [2.45, 2.75) is 13.2 Å². The van der Waals surface area contributed by atoms with Gasteiger partial charge < -0.3 is 25.5 Å². The van der Waals surface area contributed by atoms with Crippen molar-refractivity contribution in [1.29, 1.82) is 0 Å². The number of ether oxygens (including phenoxy) is 1. The summed E-state index contributed by atoms with van der Waals surface area (Å²) < 4.78 is 18.1. The molecule has 0 saturated carbocycles. The minimum atomic E-state index is -0.133. The summed E-state index contributed by atoms with van der Waals surface area (Å²) in [5, 5.41) is 0. The Morgan fingerprint density at radius 2 is 0.811 bits per heavy atom. The molecule has 0 radical (unpaired) electrons. The van der Waals surface area contributed by atoms with Crippen molar-refractivity contribution < 1.29 is 14.0 Å². The summed E-state index contributed by atoms with van der Waals surface area (Å²) in [5.74, 6) is 0. The molecule has 7 heteroatoms. The minimum absolute atomic E-state index is 0.133. The zero-order valence-corrected chi connectivity index (χ0v) is 21.2. The average molecular weight is 492 g/mol. The lowest BCUT2D eigenvalue weighted by atomic mass is 9.55. The highest BCUT2D eigenvalue weighted by atomic mass is 16.5. The first-order valence-corrected chi connectivity index (χ1v) is 12.8. The van der Waals surface area contributed by atoms with Gasteiger partial charge in [0.1, 0.15) is 0 Å². The summed E-state index contributed by atoms with van der Waals surface area (Å²) in [4.78, 5) is 0. The van der Waals surface area contributed by atoms with Gasteiger partial charge >= 0.3 is 13.8 Å². The molecule has 4 N–H and O–H groups in total. The highest BCUT2D eigenvalue weighted by Gasteiger charge is 2.22. The molecule has 0 heterocycles. The first-order chi connectivity index (χ1) is 18.3. The second kappa shape index (κ2) is 14.5. The smallest absolute Gasteiger partial charge is 0.361 e. The van der Waals surface area contributed by atoms with Crippen LogP contribution in [0.1, 0.15) is 11.1 Å². The summed E-state index contributed by atoms with van der Waals surface area (Å²) in [7, 11) is 0. The molecule has 0 aromatic heterocycles. The molecule has 0 aliphatic rings. The van der Waals surface area contributed by atoms with Gasteiger partial charge in [0.2, 0.25) is 0 Å². The Morgan fingerprint density at radius 3 is 1.16 bits per heavy atom. The average Bonchev–Trinajstić information content (AvgIpc) is 2.96. The second-order valence-electron chi connectivity index (χ2n) is 8.88. The van der Waals surface area contributed by atoms with Crippen molar-refractivity contribution in [2.24, 2.45) is 11.5 Å². The van der Waals surface area contributed by atoms with Crippen molar-refractivity contribution in [3.63, 3.8) is 0 Å². The van der Waals surface area contributed by atoms with Crippen molar-refractivity contribution in [3.8, 4) is 0 Å². The van der Waals surface area contributed by atoms with Crippen molar-refractivity contribution in [2.75, 3.05) is 26.3 Å². The zero-order valence-electron chi connectivity index (χ0n) is 21.2. The van der Waals surface area contributed by atoms with E-state index >= 15 is 0 Å². The molecule has 0 aliphatic carbocycles. The predicted molar refractivity (Wildman–Crippen MR) is 154 cm³/mol. The Bertz CT molecular complexity index is 1080. The fourth-order valence-corrected chi connectivity index (χ4v) is 4.26. The maximum absolute atomic E-state index is 6.05. The van der Waals surface area contributed by atoms with Crippen LogP contribution in [0.25, 0.3) is 0 Å². The third-order valence-electron chi connectivity index (χ3n) is 6.11. The summed E-state index contributed by atoms with van der Waals surface area (Å²) in [6.07, 6.45) is 0. The van der Waals surface area contributed by atoms with E-state index in [2.05, 4.69) is 72.8 Å². The summed E-state index contributed by atoms with van der Waals surface area (Å²) in [5.41, 5.74) is 18.0. The molecule has 0 fully saturated rings. The monoisotopic (exact) mass is 492 g/mol. The van der Waals surface area contributed by atoms with Gasteiger partial charge in [-0.2, -0.15) is 0 Å². The molecule has 0 unspecified atom stereocenters. The van der Waals surface area contributed by atoms with Gasteiger partial charge in [-0.1, -0.05) is 109 Å². The van der Waals surface area contributed by atoms with E-state index in [1.165, 1.54) is 0 Å². The lowest BCUT2D eigenvalue weighted by Crippen LogP contribution is -2.45. The van der Waals surface area contributed by atoms with E-state index in [-0.39, 0.29) is 13.8 Å². The van der Waals surface area contributed by atoms with Crippen LogP contribution in [0.4, 0.5) is 0 Å². The van der Waals surface area contributed by atoms with E-state index in [0.29, 0.717) is 39.5 Å². The van der Waals surface area contributed by atoms with Crippen LogP contribution in [0.3, 0.4) is 0 Å². The molecule has 188 valence electrons. The first-order valence-electron chi connectivity index (χ1n) is 12.8. The Morgan fingerprint density at radius 1 is 0.459 bits per heavy atom. The van der Waals surface area contributed by atoms with Gasteiger partial charge in [-0.3, -0.25) is 0 Å². The van der Waals surface area contributed by atoms with E-state index in [1.54, 1.807) is 0 Å². The number of benzene rings is 4. The molecule has 0 amide bonds. The van der Waals surface area contributed by atoms with Crippen LogP contribution in [0.15, 0.2) is 109 Å². The van der Waals surface area contributed by atoms with Crippen molar-refractivity contribution in [3.05, 3.63) is 120 Å². The Labute approximate surface area is 221 Å². The molecule has 4 rings (SSSR count). The quantitative estimate of drug-likeness (QED) is 0.262. The van der Waals surface area contributed by atoms with Gasteiger partial charge in [0.15, 0.2) is 0 Å². The fourth-order valence-electron chi connectivity index (χ4n) is 4.26. The summed E-state index contributed by atoms with van der Waals surface area (Å²) >= 11 is 0. The topological polar surface area (TPSA) is 79.7 Å². The molecular weight excluding hydrogens is 458 g/mol. The Hall–Kier alpha value is -3.19. The minimum Gasteiger partial charge on any atom is -0.426 e. The summed E-state index contributed by atoms with van der Waals surface area (Å²) in [6, 6.07) is 37.2. The molecule has 4 aromatic rings. The lowest BCUT2D eigenvalue weighted by molar-refractivity contribution is 0.107. The van der Waals surface area contributed by atoms with Crippen molar-refractivity contribution in [1.82, 2.24) is 0 Å². The molecule has 0 saturated heterocycles. The van der Waals surface area contributed by atoms with E-state index in [0.717, 1.165) is 33.0 Å². The van der Waals surface area contributed by atoms with E-state index in [4.69, 9.17) is 25.5 Å². The van der Waals surface area contributed by atoms with Crippen LogP contribution >= 0.6 is 0 Å². The second-order valence-corrected chi connectivity index (χ2v) is 8.88. The largest absolute Gasteiger partial charge is 0.426 e. The third kappa shape index (κ3) is 7.89. The molecule has 37 heavy (non-hydrogen) atoms. The Balaban J connectivity index is 1.33. The normalized spacial score (nSPS) is 10.9. The predicted octanol–water partition coefficient (Wildman–Crippen LogP) is 1.57. The van der Waals surface area contributed by atoms with Gasteiger partial charge in [0.25, 0.3) is 0 Å². The van der Waals surface area contributed by atoms with Gasteiger partial charge in [-0.05, 0) is 33.0 Å². The zero-order chi connectivity index (χ0) is 25.7. The molecule has 0 aliphatic heterocycles. The SMILES string of the molecule is NCCOB(c1ccccc1)c1ccc(COCc2ccc(B(OCCN)c3ccccc3)cc2)cc1. The molecule has 0 atom stereocenters. The molecule has 5 nitrogen and oxygen atoms in total. The van der Waals surface area contributed by atoms with Gasteiger partial charge in [0.05, 0.1) is 13.2 Å². The van der Waals surface area contributed by atoms with E-state index in [9.17, 15) is 0 Å². The first kappa shape index (κ1) is 26.9. The molecule has 0 spiro atoms. The number of hydrogen-bond acceptors (Lipinski definition) is 5. The lowest BCUT2D eigenvalue weighted by Gasteiger charge is -2.16. The standard InChI is InChI=1S/C30H34B2N2O3/c33-19-21-36-31(27-7-3-1-4-8-27)29-15-11-25(12-16-29)23-35-24-26-13-17-30(18-14-26)32(37-22-20-34)28-9-5-2-6-10-28/h1-18H,19-24,33-34H2. The number of nitrogens with two attached hydrogens (primary N) is 2. The van der Waals surface area contributed by atoms with E-state index in [1.807, 2.05) is 36.4 Å². The number of hydrogen-bond donors (Lipinski definition) is 2. The fraction of sp³-hybridized carbons (Fsp3) is 0.200. The summed E-state index contributed by atoms with van der Waals surface area (Å²) in [6.45, 7) is 2.80. The van der Waals surface area contributed by atoms with Crippen LogP contribution in [-0.2, 0) is 27.3 Å². The highest BCUT2D eigenvalue weighted by molar-refractivity contribution is 6.80. The molecule has 0 bridgehead atoms. The molecule has 4 aromatic carbocycles. The van der Waals surface area contributed by atoms with Gasteiger partial charge in [0, 0.05) is 26.3 Å². The maximum Gasteiger partial charge on any atom is 0.361 e. The van der Waals surface area contributed by atoms with Gasteiger partial charge in [-0.25, -0.2) is 0 Å². The van der Waals surface area contributed by atoms with Crippen LogP contribution in [0.2, 0.25) is 0 Å². The third-order valence-corrected chi connectivity index (χ3v) is 6.11. The van der Waals surface area contributed by atoms with Crippen LogP contribution in [-0.4, -0.2) is 40.1 Å². The highest BCUT2D eigenvalue weighted by Crippen LogP contribution is 2.07.